The number of sulfone groups is 1. The quantitative estimate of drug-likeness (QED) is 0.765. The van der Waals surface area contributed by atoms with Crippen LogP contribution in [0.5, 0.6) is 0 Å². The molecule has 0 radical (unpaired) electrons. The third-order valence-electron chi connectivity index (χ3n) is 3.30. The van der Waals surface area contributed by atoms with Crippen molar-refractivity contribution in [1.29, 1.82) is 0 Å². The van der Waals surface area contributed by atoms with Crippen molar-refractivity contribution in [1.82, 2.24) is 0 Å². The van der Waals surface area contributed by atoms with Gasteiger partial charge < -0.3 is 0 Å². The third-order valence-corrected chi connectivity index (χ3v) is 5.81. The first kappa shape index (κ1) is 11.9. The van der Waals surface area contributed by atoms with Crippen LogP contribution in [0.3, 0.4) is 0 Å². The summed E-state index contributed by atoms with van der Waals surface area (Å²) in [6.45, 7) is 4.03. The van der Waals surface area contributed by atoms with E-state index in [1.54, 1.807) is 12.1 Å². The highest BCUT2D eigenvalue weighted by atomic mass is 35.5. The average molecular weight is 259 g/mol. The average Bonchev–Trinajstić information content (AvgIpc) is 2.53. The van der Waals surface area contributed by atoms with Gasteiger partial charge in [0.05, 0.1) is 10.6 Å². The van der Waals surface area contributed by atoms with Crippen molar-refractivity contribution < 1.29 is 8.42 Å². The minimum atomic E-state index is -3.11. The summed E-state index contributed by atoms with van der Waals surface area (Å²) in [5.41, 5.74) is 0.731. The molecule has 1 aromatic rings. The van der Waals surface area contributed by atoms with Crippen LogP contribution in [0.2, 0.25) is 0 Å². The molecule has 4 heteroatoms. The third kappa shape index (κ3) is 1.76. The molecule has 1 unspecified atom stereocenters. The maximum Gasteiger partial charge on any atom is 0.179 e. The van der Waals surface area contributed by atoms with Gasteiger partial charge in [0.2, 0.25) is 0 Å². The number of benzene rings is 1. The number of fused-ring (bicyclic) bond motifs is 1. The number of alkyl halides is 1. The smallest absolute Gasteiger partial charge is 0.179 e. The van der Waals surface area contributed by atoms with Gasteiger partial charge in [0.1, 0.15) is 0 Å². The molecule has 1 aliphatic heterocycles. The highest BCUT2D eigenvalue weighted by molar-refractivity contribution is 7.91. The lowest BCUT2D eigenvalue weighted by atomic mass is 9.78. The molecule has 0 saturated carbocycles. The molecular weight excluding hydrogens is 244 g/mol. The number of halogens is 1. The van der Waals surface area contributed by atoms with Crippen LogP contribution < -0.4 is 0 Å². The molecule has 0 amide bonds. The number of hydrogen-bond acceptors (Lipinski definition) is 2. The van der Waals surface area contributed by atoms with Crippen LogP contribution in [0.4, 0.5) is 0 Å². The summed E-state index contributed by atoms with van der Waals surface area (Å²) >= 11 is 5.94. The molecule has 1 heterocycles. The van der Waals surface area contributed by atoms with Crippen molar-refractivity contribution in [3.63, 3.8) is 0 Å². The summed E-state index contributed by atoms with van der Waals surface area (Å²) in [7, 11) is -3.11. The van der Waals surface area contributed by atoms with Gasteiger partial charge in [-0.3, -0.25) is 0 Å². The molecule has 0 N–H and O–H groups in total. The largest absolute Gasteiger partial charge is 0.224 e. The van der Waals surface area contributed by atoms with Gasteiger partial charge in [-0.15, -0.1) is 11.6 Å². The fourth-order valence-corrected chi connectivity index (χ4v) is 4.48. The maximum absolute atomic E-state index is 12.0. The van der Waals surface area contributed by atoms with Crippen molar-refractivity contribution in [3.8, 4) is 0 Å². The van der Waals surface area contributed by atoms with Gasteiger partial charge in [-0.1, -0.05) is 32.0 Å². The fraction of sp³-hybridized carbons (Fsp3) is 0.500. The Kier molecular flexibility index (Phi) is 2.79. The summed E-state index contributed by atoms with van der Waals surface area (Å²) in [5, 5.41) is 0. The van der Waals surface area contributed by atoms with E-state index in [-0.39, 0.29) is 17.1 Å². The molecule has 1 atom stereocenters. The highest BCUT2D eigenvalue weighted by Crippen LogP contribution is 2.45. The first-order valence-electron chi connectivity index (χ1n) is 5.26. The van der Waals surface area contributed by atoms with Crippen LogP contribution in [0, 0.1) is 5.41 Å². The second kappa shape index (κ2) is 3.74. The minimum Gasteiger partial charge on any atom is -0.224 e. The van der Waals surface area contributed by atoms with Gasteiger partial charge in [-0.05, 0) is 17.0 Å². The SMILES string of the molecule is CC(C)(CCl)C1CS(=O)(=O)c2ccccc21. The van der Waals surface area contributed by atoms with Gasteiger partial charge in [0.25, 0.3) is 0 Å². The van der Waals surface area contributed by atoms with E-state index in [1.807, 2.05) is 26.0 Å². The molecule has 0 bridgehead atoms. The molecule has 0 fully saturated rings. The summed E-state index contributed by atoms with van der Waals surface area (Å²) in [4.78, 5) is 0.484. The lowest BCUT2D eigenvalue weighted by Crippen LogP contribution is -2.25. The highest BCUT2D eigenvalue weighted by Gasteiger charge is 2.42. The van der Waals surface area contributed by atoms with E-state index in [0.29, 0.717) is 10.8 Å². The molecule has 1 aromatic carbocycles. The molecule has 16 heavy (non-hydrogen) atoms. The Bertz CT molecular complexity index is 506. The van der Waals surface area contributed by atoms with E-state index in [2.05, 4.69) is 0 Å². The summed E-state index contributed by atoms with van der Waals surface area (Å²) in [5.74, 6) is 0.652. The summed E-state index contributed by atoms with van der Waals surface area (Å²) in [6.07, 6.45) is 0. The second-order valence-corrected chi connectivity index (χ2v) is 7.26. The van der Waals surface area contributed by atoms with E-state index in [0.717, 1.165) is 5.56 Å². The van der Waals surface area contributed by atoms with Crippen LogP contribution in [0.15, 0.2) is 29.2 Å². The Balaban J connectivity index is 2.57. The van der Waals surface area contributed by atoms with Crippen LogP contribution in [0.25, 0.3) is 0 Å². The van der Waals surface area contributed by atoms with E-state index in [9.17, 15) is 8.42 Å². The molecule has 0 aliphatic carbocycles. The van der Waals surface area contributed by atoms with Crippen molar-refractivity contribution in [2.24, 2.45) is 5.41 Å². The lowest BCUT2D eigenvalue weighted by molar-refractivity contribution is 0.349. The van der Waals surface area contributed by atoms with Gasteiger partial charge in [0, 0.05) is 11.8 Å². The van der Waals surface area contributed by atoms with Crippen molar-refractivity contribution in [2.75, 3.05) is 11.6 Å². The Hall–Kier alpha value is -0.540. The predicted octanol–water partition coefficient (Wildman–Crippen LogP) is 2.82. The Labute approximate surface area is 102 Å². The Morgan fingerprint density at radius 2 is 2.00 bits per heavy atom. The molecule has 0 saturated heterocycles. The Morgan fingerprint density at radius 1 is 1.38 bits per heavy atom. The normalized spacial score (nSPS) is 23.1. The first-order valence-corrected chi connectivity index (χ1v) is 7.45. The van der Waals surface area contributed by atoms with Crippen molar-refractivity contribution >= 4 is 21.4 Å². The lowest BCUT2D eigenvalue weighted by Gasteiger charge is -2.29. The summed E-state index contributed by atoms with van der Waals surface area (Å²) in [6, 6.07) is 7.25. The molecule has 0 aromatic heterocycles. The van der Waals surface area contributed by atoms with Crippen LogP contribution >= 0.6 is 11.6 Å². The van der Waals surface area contributed by atoms with E-state index >= 15 is 0 Å². The van der Waals surface area contributed by atoms with Crippen molar-refractivity contribution in [2.45, 2.75) is 24.7 Å². The zero-order valence-electron chi connectivity index (χ0n) is 9.40. The predicted molar refractivity (Wildman–Crippen MR) is 65.7 cm³/mol. The van der Waals surface area contributed by atoms with E-state index < -0.39 is 9.84 Å². The monoisotopic (exact) mass is 258 g/mol. The maximum atomic E-state index is 12.0. The minimum absolute atomic E-state index is 0.00574. The molecule has 0 spiro atoms. The van der Waals surface area contributed by atoms with E-state index in [1.165, 1.54) is 0 Å². The molecular formula is C12H15ClO2S. The summed E-state index contributed by atoms with van der Waals surface area (Å²) < 4.78 is 24.0. The van der Waals surface area contributed by atoms with Gasteiger partial charge in [-0.25, -0.2) is 8.42 Å². The fourth-order valence-electron chi connectivity index (χ4n) is 2.19. The molecule has 2 rings (SSSR count). The Morgan fingerprint density at radius 3 is 2.62 bits per heavy atom. The molecule has 88 valence electrons. The first-order chi connectivity index (χ1) is 7.38. The van der Waals surface area contributed by atoms with Gasteiger partial charge >= 0.3 is 0 Å². The molecule has 2 nitrogen and oxygen atoms in total. The van der Waals surface area contributed by atoms with Crippen LogP contribution in [-0.4, -0.2) is 20.1 Å². The van der Waals surface area contributed by atoms with Gasteiger partial charge in [-0.2, -0.15) is 0 Å². The topological polar surface area (TPSA) is 34.1 Å². The standard InChI is InChI=1S/C12H15ClO2S/c1-12(2,8-13)10-7-16(14,15)11-6-4-3-5-9(10)11/h3-6,10H,7-8H2,1-2H3. The molecule has 1 aliphatic rings. The van der Waals surface area contributed by atoms with E-state index in [4.69, 9.17) is 11.6 Å². The number of rotatable bonds is 2. The van der Waals surface area contributed by atoms with Crippen LogP contribution in [-0.2, 0) is 9.84 Å². The second-order valence-electron chi connectivity index (χ2n) is 4.99. The zero-order chi connectivity index (χ0) is 12.0. The number of hydrogen-bond donors (Lipinski definition) is 0. The van der Waals surface area contributed by atoms with Gasteiger partial charge in [0.15, 0.2) is 9.84 Å². The zero-order valence-corrected chi connectivity index (χ0v) is 11.0. The van der Waals surface area contributed by atoms with Crippen LogP contribution in [0.1, 0.15) is 25.3 Å². The van der Waals surface area contributed by atoms with Crippen molar-refractivity contribution in [3.05, 3.63) is 29.8 Å².